The first kappa shape index (κ1) is 30.6. The highest BCUT2D eigenvalue weighted by atomic mass is 32.2. The van der Waals surface area contributed by atoms with Crippen molar-refractivity contribution in [1.29, 1.82) is 0 Å². The smallest absolute Gasteiger partial charge is 0.274 e. The third-order valence-electron chi connectivity index (χ3n) is 8.89. The lowest BCUT2D eigenvalue weighted by molar-refractivity contribution is 0.397. The maximum absolute atomic E-state index is 13.4. The maximum Gasteiger partial charge on any atom is 0.274 e. The summed E-state index contributed by atoms with van der Waals surface area (Å²) in [6.45, 7) is 0.368. The van der Waals surface area contributed by atoms with Gasteiger partial charge < -0.3 is 9.47 Å². The first-order chi connectivity index (χ1) is 23.8. The molecule has 0 bridgehead atoms. The van der Waals surface area contributed by atoms with Gasteiger partial charge in [0, 0.05) is 28.6 Å². The second-order valence-electron chi connectivity index (χ2n) is 12.1. The van der Waals surface area contributed by atoms with Crippen molar-refractivity contribution in [1.82, 2.24) is 29.7 Å². The van der Waals surface area contributed by atoms with Crippen LogP contribution in [0.5, 0.6) is 11.6 Å². The van der Waals surface area contributed by atoms with Crippen LogP contribution in [-0.4, -0.2) is 52.4 Å². The van der Waals surface area contributed by atoms with Gasteiger partial charge in [-0.1, -0.05) is 54.6 Å². The third kappa shape index (κ3) is 5.65. The van der Waals surface area contributed by atoms with Gasteiger partial charge in [-0.3, -0.25) is 4.79 Å². The summed E-state index contributed by atoms with van der Waals surface area (Å²) >= 11 is 0. The largest absolute Gasteiger partial charge is 0.497 e. The Bertz CT molecular complexity index is 2390. The van der Waals surface area contributed by atoms with Gasteiger partial charge in [-0.05, 0) is 42.2 Å². The van der Waals surface area contributed by atoms with E-state index >= 15 is 0 Å². The number of sulfonamides is 1. The fourth-order valence-corrected chi connectivity index (χ4v) is 7.74. The zero-order chi connectivity index (χ0) is 33.7. The van der Waals surface area contributed by atoms with Gasteiger partial charge in [-0.25, -0.2) is 37.3 Å². The number of aromatic nitrogens is 6. The Labute approximate surface area is 282 Å². The van der Waals surface area contributed by atoms with E-state index < -0.39 is 10.0 Å². The second-order valence-corrected chi connectivity index (χ2v) is 14.0. The van der Waals surface area contributed by atoms with Crippen LogP contribution in [0.4, 0.5) is 5.82 Å². The summed E-state index contributed by atoms with van der Waals surface area (Å²) < 4.78 is 40.5. The number of methoxy groups -OCH3 is 2. The van der Waals surface area contributed by atoms with E-state index in [1.54, 1.807) is 19.4 Å². The van der Waals surface area contributed by atoms with Gasteiger partial charge in [0.15, 0.2) is 11.6 Å². The van der Waals surface area contributed by atoms with Crippen LogP contribution in [-0.2, 0) is 28.9 Å². The summed E-state index contributed by atoms with van der Waals surface area (Å²) in [5, 5.41) is 6.09. The molecule has 8 rings (SSSR count). The molecule has 3 aromatic carbocycles. The molecule has 1 saturated carbocycles. The van der Waals surface area contributed by atoms with E-state index in [0.29, 0.717) is 39.7 Å². The maximum atomic E-state index is 13.4. The number of fused-ring (bicyclic) bond motifs is 2. The molecule has 3 aromatic heterocycles. The molecule has 0 amide bonds. The molecule has 0 unspecified atom stereocenters. The standard InChI is InChI=1S/C36H31N7O5S/c1-47-27-15-9-22(10-16-27)18-42-36(44)29-6-4-3-5-28(29)31(41-42)24-11-7-23(8-12-24)19-43-34-26(20-49(43,45)46)17-37-33(40-34)30-32(25-13-14-25)38-21-39-35(30)48-2/h3-12,15-17,21,25H,13-14,18-20H2,1-2H3. The minimum atomic E-state index is -3.70. The lowest BCUT2D eigenvalue weighted by Gasteiger charge is -2.18. The third-order valence-corrected chi connectivity index (χ3v) is 10.5. The molecule has 246 valence electrons. The van der Waals surface area contributed by atoms with Crippen LogP contribution in [0.15, 0.2) is 90.1 Å². The van der Waals surface area contributed by atoms with Gasteiger partial charge in [0.05, 0.1) is 49.8 Å². The second kappa shape index (κ2) is 12.1. The molecular formula is C36H31N7O5S. The molecule has 4 heterocycles. The highest BCUT2D eigenvalue weighted by Gasteiger charge is 2.37. The molecular weight excluding hydrogens is 643 g/mol. The normalized spacial score (nSPS) is 14.9. The predicted octanol–water partition coefficient (Wildman–Crippen LogP) is 5.10. The number of ether oxygens (including phenoxy) is 2. The molecule has 12 nitrogen and oxygen atoms in total. The molecule has 6 aromatic rings. The van der Waals surface area contributed by atoms with Crippen LogP contribution in [0.2, 0.25) is 0 Å². The number of rotatable bonds is 9. The van der Waals surface area contributed by atoms with Crippen LogP contribution < -0.4 is 19.3 Å². The molecule has 1 aliphatic heterocycles. The number of anilines is 1. The summed E-state index contributed by atoms with van der Waals surface area (Å²) in [7, 11) is -0.557. The van der Waals surface area contributed by atoms with E-state index in [4.69, 9.17) is 19.6 Å². The van der Waals surface area contributed by atoms with Crippen molar-refractivity contribution in [2.75, 3.05) is 18.5 Å². The minimum Gasteiger partial charge on any atom is -0.497 e. The highest BCUT2D eigenvalue weighted by molar-refractivity contribution is 7.92. The van der Waals surface area contributed by atoms with Crippen molar-refractivity contribution in [3.05, 3.63) is 118 Å². The van der Waals surface area contributed by atoms with Gasteiger partial charge in [0.1, 0.15) is 17.6 Å². The van der Waals surface area contributed by atoms with Crippen LogP contribution in [0, 0.1) is 0 Å². The molecule has 49 heavy (non-hydrogen) atoms. The summed E-state index contributed by atoms with van der Waals surface area (Å²) in [5.74, 6) is 1.84. The SMILES string of the molecule is COc1ccc(Cn2nc(-c3ccc(CN4c5nc(-c6c(OC)ncnc6C6CC6)ncc5CS4(=O)=O)cc3)c3ccccc3c2=O)cc1. The first-order valence-corrected chi connectivity index (χ1v) is 17.4. The zero-order valence-electron chi connectivity index (χ0n) is 26.8. The Morgan fingerprint density at radius 1 is 0.837 bits per heavy atom. The van der Waals surface area contributed by atoms with Crippen LogP contribution >= 0.6 is 0 Å². The topological polar surface area (TPSA) is 142 Å². The monoisotopic (exact) mass is 673 g/mol. The molecule has 0 N–H and O–H groups in total. The quantitative estimate of drug-likeness (QED) is 0.203. The van der Waals surface area contributed by atoms with Crippen molar-refractivity contribution in [3.63, 3.8) is 0 Å². The van der Waals surface area contributed by atoms with E-state index in [2.05, 4.69) is 15.0 Å². The van der Waals surface area contributed by atoms with Gasteiger partial charge >= 0.3 is 0 Å². The van der Waals surface area contributed by atoms with Crippen molar-refractivity contribution in [2.24, 2.45) is 0 Å². The predicted molar refractivity (Wildman–Crippen MR) is 184 cm³/mol. The molecule has 0 radical (unpaired) electrons. The molecule has 2 aliphatic rings. The van der Waals surface area contributed by atoms with Gasteiger partial charge in [-0.15, -0.1) is 0 Å². The van der Waals surface area contributed by atoms with Gasteiger partial charge in [0.25, 0.3) is 5.56 Å². The Morgan fingerprint density at radius 2 is 1.55 bits per heavy atom. The molecule has 1 fully saturated rings. The average Bonchev–Trinajstić information content (AvgIpc) is 3.94. The van der Waals surface area contributed by atoms with Crippen LogP contribution in [0.3, 0.4) is 0 Å². The van der Waals surface area contributed by atoms with E-state index in [0.717, 1.165) is 46.4 Å². The summed E-state index contributed by atoms with van der Waals surface area (Å²) in [4.78, 5) is 31.5. The Hall–Kier alpha value is -5.69. The zero-order valence-corrected chi connectivity index (χ0v) is 27.6. The van der Waals surface area contributed by atoms with Crippen molar-refractivity contribution in [3.8, 4) is 34.3 Å². The van der Waals surface area contributed by atoms with E-state index in [1.165, 1.54) is 22.4 Å². The summed E-state index contributed by atoms with van der Waals surface area (Å²) in [6, 6.07) is 22.5. The number of hydrogen-bond donors (Lipinski definition) is 0. The lowest BCUT2D eigenvalue weighted by Crippen LogP contribution is -2.27. The number of hydrogen-bond acceptors (Lipinski definition) is 10. The van der Waals surface area contributed by atoms with Crippen molar-refractivity contribution in [2.45, 2.75) is 37.6 Å². The van der Waals surface area contributed by atoms with Crippen LogP contribution in [0.25, 0.3) is 33.4 Å². The van der Waals surface area contributed by atoms with Crippen LogP contribution in [0.1, 0.15) is 41.1 Å². The molecule has 13 heteroatoms. The average molecular weight is 674 g/mol. The summed E-state index contributed by atoms with van der Waals surface area (Å²) in [6.07, 6.45) is 5.05. The number of nitrogens with zero attached hydrogens (tertiary/aromatic N) is 7. The lowest BCUT2D eigenvalue weighted by atomic mass is 10.0. The minimum absolute atomic E-state index is 0.0785. The van der Waals surface area contributed by atoms with E-state index in [-0.39, 0.29) is 30.3 Å². The fourth-order valence-electron chi connectivity index (χ4n) is 6.22. The molecule has 0 atom stereocenters. The Morgan fingerprint density at radius 3 is 2.27 bits per heavy atom. The van der Waals surface area contributed by atoms with Gasteiger partial charge in [-0.2, -0.15) is 5.10 Å². The Balaban J connectivity index is 1.12. The summed E-state index contributed by atoms with van der Waals surface area (Å²) in [5.41, 5.74) is 4.86. The van der Waals surface area contributed by atoms with Gasteiger partial charge in [0.2, 0.25) is 15.9 Å². The molecule has 0 spiro atoms. The Kier molecular flexibility index (Phi) is 7.55. The van der Waals surface area contributed by atoms with E-state index in [9.17, 15) is 13.2 Å². The van der Waals surface area contributed by atoms with E-state index in [1.807, 2.05) is 66.7 Å². The van der Waals surface area contributed by atoms with Crippen molar-refractivity contribution >= 4 is 26.6 Å². The molecule has 0 saturated heterocycles. The number of benzene rings is 3. The highest BCUT2D eigenvalue weighted by Crippen LogP contribution is 2.45. The van der Waals surface area contributed by atoms with Crippen molar-refractivity contribution < 1.29 is 17.9 Å². The molecule has 1 aliphatic carbocycles. The first-order valence-electron chi connectivity index (χ1n) is 15.8. The fraction of sp³-hybridized carbons (Fsp3) is 0.222.